The Balaban J connectivity index is 3.56. The van der Waals surface area contributed by atoms with Crippen LogP contribution in [0, 0.1) is 10.8 Å². The van der Waals surface area contributed by atoms with Crippen LogP contribution in [0.2, 0.25) is 0 Å². The Morgan fingerprint density at radius 3 is 1.35 bits per heavy atom. The van der Waals surface area contributed by atoms with E-state index in [1.807, 2.05) is 21.6 Å². The molecule has 0 fully saturated rings. The fourth-order valence-corrected chi connectivity index (χ4v) is 4.14. The molecule has 0 aliphatic rings. The van der Waals surface area contributed by atoms with Crippen molar-refractivity contribution in [3.05, 3.63) is 0 Å². The van der Waals surface area contributed by atoms with E-state index in [-0.39, 0.29) is 0 Å². The van der Waals surface area contributed by atoms with Crippen LogP contribution in [-0.2, 0) is 0 Å². The summed E-state index contributed by atoms with van der Waals surface area (Å²) in [6.07, 6.45) is 6.18. The Morgan fingerprint density at radius 2 is 1.04 bits per heavy atom. The summed E-state index contributed by atoms with van der Waals surface area (Å²) in [5.74, 6) is 3.85. The molecule has 0 aromatic heterocycles. The summed E-state index contributed by atoms with van der Waals surface area (Å²) >= 11 is 0. The minimum atomic E-state index is 0.330. The summed E-state index contributed by atoms with van der Waals surface area (Å²) in [5, 5.41) is 0. The number of nitrogens with two attached hydrogens (primary N) is 2. The second-order valence-electron chi connectivity index (χ2n) is 9.22. The van der Waals surface area contributed by atoms with Crippen molar-refractivity contribution in [2.75, 3.05) is 24.6 Å². The lowest BCUT2D eigenvalue weighted by atomic mass is 9.92. The van der Waals surface area contributed by atoms with Crippen LogP contribution in [0.25, 0.3) is 0 Å². The van der Waals surface area contributed by atoms with Crippen LogP contribution in [0.15, 0.2) is 9.98 Å². The molecule has 0 heterocycles. The van der Waals surface area contributed by atoms with Crippen molar-refractivity contribution in [3.8, 4) is 0 Å². The second-order valence-corrected chi connectivity index (χ2v) is 11.9. The van der Waals surface area contributed by atoms with Gasteiger partial charge in [0.15, 0.2) is 0 Å². The van der Waals surface area contributed by atoms with E-state index in [1.165, 1.54) is 0 Å². The van der Waals surface area contributed by atoms with E-state index in [1.54, 1.807) is 0 Å². The fourth-order valence-electron chi connectivity index (χ4n) is 1.97. The third-order valence-electron chi connectivity index (χ3n) is 3.76. The van der Waals surface area contributed by atoms with Gasteiger partial charge in [0.05, 0.1) is 11.7 Å². The van der Waals surface area contributed by atoms with E-state index >= 15 is 0 Å². The predicted molar refractivity (Wildman–Crippen MR) is 125 cm³/mol. The maximum absolute atomic E-state index is 5.97. The molecule has 0 atom stereocenters. The first-order valence-electron chi connectivity index (χ1n) is 9.82. The van der Waals surface area contributed by atoms with Crippen LogP contribution in [0.1, 0.15) is 80.1 Å². The number of hydrogen-bond donors (Lipinski definition) is 2. The highest BCUT2D eigenvalue weighted by Crippen LogP contribution is 2.24. The minimum absolute atomic E-state index is 0.330. The molecule has 0 aliphatic heterocycles. The van der Waals surface area contributed by atoms with E-state index in [2.05, 4.69) is 51.5 Å². The van der Waals surface area contributed by atoms with Crippen molar-refractivity contribution in [1.82, 2.24) is 0 Å². The molecule has 6 heteroatoms. The first kappa shape index (κ1) is 25.6. The van der Waals surface area contributed by atoms with Crippen LogP contribution < -0.4 is 11.5 Å². The molecule has 26 heavy (non-hydrogen) atoms. The lowest BCUT2D eigenvalue weighted by Gasteiger charge is -2.16. The second kappa shape index (κ2) is 13.8. The normalized spacial score (nSPS) is 14.1. The Labute approximate surface area is 170 Å². The zero-order valence-electron chi connectivity index (χ0n) is 17.9. The summed E-state index contributed by atoms with van der Waals surface area (Å²) < 4.78 is 0. The third-order valence-corrected chi connectivity index (χ3v) is 6.34. The van der Waals surface area contributed by atoms with Gasteiger partial charge in [0.1, 0.15) is 0 Å². The van der Waals surface area contributed by atoms with E-state index in [0.29, 0.717) is 10.8 Å². The SMILES string of the molecule is CC(C)(C)CCN=C(N)CCCSSCCCC(N)=NCCC(C)(C)C. The molecular weight excluding hydrogens is 360 g/mol. The molecule has 0 saturated heterocycles. The topological polar surface area (TPSA) is 76.8 Å². The van der Waals surface area contributed by atoms with Crippen molar-refractivity contribution in [3.63, 3.8) is 0 Å². The van der Waals surface area contributed by atoms with Gasteiger partial charge in [-0.1, -0.05) is 63.1 Å². The van der Waals surface area contributed by atoms with Gasteiger partial charge in [-0.15, -0.1) is 0 Å². The number of amidine groups is 2. The quantitative estimate of drug-likeness (QED) is 0.184. The molecule has 0 radical (unpaired) electrons. The lowest BCUT2D eigenvalue weighted by Crippen LogP contribution is -2.14. The molecule has 0 saturated carbocycles. The minimum Gasteiger partial charge on any atom is -0.387 e. The zero-order valence-corrected chi connectivity index (χ0v) is 19.6. The van der Waals surface area contributed by atoms with Crippen molar-refractivity contribution >= 4 is 33.3 Å². The molecular formula is C20H42N4S2. The summed E-state index contributed by atoms with van der Waals surface area (Å²) in [6.45, 7) is 15.1. The Morgan fingerprint density at radius 1 is 0.692 bits per heavy atom. The van der Waals surface area contributed by atoms with Gasteiger partial charge in [-0.05, 0) is 36.5 Å². The molecule has 0 bridgehead atoms. The number of nitrogens with zero attached hydrogens (tertiary/aromatic N) is 2. The zero-order chi connectivity index (χ0) is 20.1. The average Bonchev–Trinajstić information content (AvgIpc) is 2.47. The Hall–Kier alpha value is -0.360. The smallest absolute Gasteiger partial charge is 0.0937 e. The van der Waals surface area contributed by atoms with Crippen LogP contribution in [-0.4, -0.2) is 36.3 Å². The van der Waals surface area contributed by atoms with Gasteiger partial charge in [0, 0.05) is 37.4 Å². The lowest BCUT2D eigenvalue weighted by molar-refractivity contribution is 0.385. The van der Waals surface area contributed by atoms with Gasteiger partial charge in [-0.25, -0.2) is 0 Å². The monoisotopic (exact) mass is 402 g/mol. The van der Waals surface area contributed by atoms with Crippen molar-refractivity contribution in [2.24, 2.45) is 32.3 Å². The first-order valence-corrected chi connectivity index (χ1v) is 12.3. The maximum atomic E-state index is 5.97. The van der Waals surface area contributed by atoms with Crippen LogP contribution in [0.4, 0.5) is 0 Å². The molecule has 0 aromatic carbocycles. The van der Waals surface area contributed by atoms with Crippen LogP contribution >= 0.6 is 21.6 Å². The highest BCUT2D eigenvalue weighted by molar-refractivity contribution is 8.76. The summed E-state index contributed by atoms with van der Waals surface area (Å²) in [5.41, 5.74) is 12.6. The molecule has 0 aliphatic carbocycles. The van der Waals surface area contributed by atoms with E-state index in [0.717, 1.165) is 74.8 Å². The van der Waals surface area contributed by atoms with Gasteiger partial charge in [-0.2, -0.15) is 0 Å². The molecule has 0 rings (SSSR count). The maximum Gasteiger partial charge on any atom is 0.0937 e. The van der Waals surface area contributed by atoms with Gasteiger partial charge in [-0.3, -0.25) is 9.98 Å². The molecule has 4 N–H and O–H groups in total. The largest absolute Gasteiger partial charge is 0.387 e. The van der Waals surface area contributed by atoms with Crippen LogP contribution in [0.5, 0.6) is 0 Å². The summed E-state index contributed by atoms with van der Waals surface area (Å²) in [7, 11) is 3.84. The molecule has 4 nitrogen and oxygen atoms in total. The van der Waals surface area contributed by atoms with Crippen LogP contribution in [0.3, 0.4) is 0 Å². The van der Waals surface area contributed by atoms with Gasteiger partial charge >= 0.3 is 0 Å². The van der Waals surface area contributed by atoms with Crippen molar-refractivity contribution in [2.45, 2.75) is 80.1 Å². The number of hydrogen-bond acceptors (Lipinski definition) is 4. The van der Waals surface area contributed by atoms with Crippen molar-refractivity contribution < 1.29 is 0 Å². The average molecular weight is 403 g/mol. The number of aliphatic imine (C=N–C) groups is 2. The highest BCUT2D eigenvalue weighted by atomic mass is 33.1. The first-order chi connectivity index (χ1) is 12.0. The summed E-state index contributed by atoms with van der Waals surface area (Å²) in [4.78, 5) is 8.93. The number of rotatable bonds is 13. The fraction of sp³-hybridized carbons (Fsp3) is 0.900. The summed E-state index contributed by atoms with van der Waals surface area (Å²) in [6, 6.07) is 0. The molecule has 0 unspecified atom stereocenters. The van der Waals surface area contributed by atoms with Gasteiger partial charge in [0.25, 0.3) is 0 Å². The standard InChI is InChI=1S/C20H42N4S2/c1-19(2,3)11-13-23-17(21)9-7-15-25-26-16-8-10-18(22)24-14-12-20(4,5)6/h7-16H2,1-6H3,(H2,21,23)(H2,22,24). The van der Waals surface area contributed by atoms with E-state index in [4.69, 9.17) is 11.5 Å². The third kappa shape index (κ3) is 20.0. The molecule has 0 amide bonds. The highest BCUT2D eigenvalue weighted by Gasteiger charge is 2.09. The molecule has 0 aromatic rings. The predicted octanol–water partition coefficient (Wildman–Crippen LogP) is 5.52. The van der Waals surface area contributed by atoms with E-state index in [9.17, 15) is 0 Å². The molecule has 0 spiro atoms. The van der Waals surface area contributed by atoms with Crippen molar-refractivity contribution in [1.29, 1.82) is 0 Å². The van der Waals surface area contributed by atoms with Gasteiger partial charge < -0.3 is 11.5 Å². The molecule has 154 valence electrons. The van der Waals surface area contributed by atoms with E-state index < -0.39 is 0 Å². The Bertz CT molecular complexity index is 381. The Kier molecular flexibility index (Phi) is 13.6. The van der Waals surface area contributed by atoms with Gasteiger partial charge in [0.2, 0.25) is 0 Å².